The number of nitrogens with one attached hydrogen (secondary N) is 2. The van der Waals surface area contributed by atoms with Crippen molar-refractivity contribution < 1.29 is 23.5 Å². The number of nitrogens with zero attached hydrogens (tertiary/aromatic N) is 2. The Balaban J connectivity index is 1.87. The van der Waals surface area contributed by atoms with Crippen LogP contribution in [-0.4, -0.2) is 42.1 Å². The van der Waals surface area contributed by atoms with Gasteiger partial charge < -0.3 is 24.7 Å². The Bertz CT molecular complexity index is 1270. The second kappa shape index (κ2) is 11.5. The van der Waals surface area contributed by atoms with Gasteiger partial charge in [-0.05, 0) is 38.1 Å². The lowest BCUT2D eigenvalue weighted by atomic mass is 10.2. The third kappa shape index (κ3) is 7.50. The maximum atomic E-state index is 13.0. The third-order valence-electron chi connectivity index (χ3n) is 5.15. The molecule has 0 spiro atoms. The number of pyridine rings is 1. The molecule has 0 saturated carbocycles. The summed E-state index contributed by atoms with van der Waals surface area (Å²) in [6, 6.07) is 9.25. The number of rotatable bonds is 11. The van der Waals surface area contributed by atoms with E-state index in [0.717, 1.165) is 6.04 Å². The first-order chi connectivity index (χ1) is 16.9. The lowest BCUT2D eigenvalue weighted by Gasteiger charge is -2.15. The van der Waals surface area contributed by atoms with Gasteiger partial charge >= 0.3 is 0 Å². The highest BCUT2D eigenvalue weighted by molar-refractivity contribution is 6.76. The number of benzene rings is 1. The van der Waals surface area contributed by atoms with Gasteiger partial charge in [0.05, 0.1) is 11.8 Å². The highest BCUT2D eigenvalue weighted by Gasteiger charge is 2.19. The molecule has 1 aromatic carbocycles. The fourth-order valence-electron chi connectivity index (χ4n) is 3.34. The normalized spacial score (nSPS) is 11.5. The fraction of sp³-hybridized carbons (Fsp3) is 0.346. The van der Waals surface area contributed by atoms with Crippen molar-refractivity contribution in [3.8, 4) is 11.5 Å². The minimum atomic E-state index is -1.22. The van der Waals surface area contributed by atoms with E-state index in [2.05, 4.69) is 41.8 Å². The van der Waals surface area contributed by atoms with Gasteiger partial charge in [-0.2, -0.15) is 0 Å². The van der Waals surface area contributed by atoms with E-state index in [4.69, 9.17) is 9.47 Å². The van der Waals surface area contributed by atoms with Gasteiger partial charge in [-0.25, -0.2) is 9.37 Å². The first kappa shape index (κ1) is 27.1. The monoisotopic (exact) mass is 512 g/mol. The molecule has 0 fully saturated rings. The van der Waals surface area contributed by atoms with E-state index in [0.29, 0.717) is 40.4 Å². The van der Waals surface area contributed by atoms with Crippen LogP contribution in [0.4, 0.5) is 10.1 Å². The molecule has 0 radical (unpaired) electrons. The number of hydrogen-bond donors (Lipinski definition) is 2. The number of carbonyl (C=O) groups excluding carboxylic acids is 2. The minimum Gasteiger partial charge on any atom is -0.456 e. The molecule has 0 bridgehead atoms. The van der Waals surface area contributed by atoms with Gasteiger partial charge in [0.15, 0.2) is 5.83 Å². The molecule has 8 nitrogen and oxygen atoms in total. The minimum absolute atomic E-state index is 0.0327. The lowest BCUT2D eigenvalue weighted by molar-refractivity contribution is -0.114. The molecular formula is C26H33FN4O4Si. The molecule has 10 heteroatoms. The van der Waals surface area contributed by atoms with Crippen LogP contribution in [0.15, 0.2) is 55.1 Å². The van der Waals surface area contributed by atoms with Crippen LogP contribution in [0.25, 0.3) is 11.0 Å². The summed E-state index contributed by atoms with van der Waals surface area (Å²) in [4.78, 5) is 29.0. The van der Waals surface area contributed by atoms with Crippen LogP contribution >= 0.6 is 0 Å². The van der Waals surface area contributed by atoms with E-state index >= 15 is 0 Å². The second-order valence-electron chi connectivity index (χ2n) is 10.0. The molecule has 0 aliphatic carbocycles. The first-order valence-electron chi connectivity index (χ1n) is 11.7. The number of hydrogen-bond acceptors (Lipinski definition) is 5. The smallest absolute Gasteiger partial charge is 0.283 e. The standard InChI is InChI=1S/C26H33FN4O4Si/c1-17(2)29-26(33)23-15-31(16-34-10-11-36(4,5)6)24-22(23)13-21(14-28-24)35-20-9-7-8-19(12-20)30-25(32)18(3)27/h7-9,12-15,17H,3,10-11,16H2,1-2,4-6H3,(H,29,33)(H,30,32). The molecule has 0 saturated heterocycles. The SMILES string of the molecule is C=C(F)C(=O)Nc1cccc(Oc2cnc3c(c2)c(C(=O)NC(C)C)cn3COCC[Si](C)(C)C)c1. The molecule has 3 rings (SSSR count). The van der Waals surface area contributed by atoms with Crippen LogP contribution in [0.2, 0.25) is 25.7 Å². The van der Waals surface area contributed by atoms with E-state index in [-0.39, 0.29) is 18.7 Å². The average molecular weight is 513 g/mol. The van der Waals surface area contributed by atoms with E-state index in [1.54, 1.807) is 42.7 Å². The van der Waals surface area contributed by atoms with Crippen LogP contribution in [0.5, 0.6) is 11.5 Å². The van der Waals surface area contributed by atoms with Crippen molar-refractivity contribution >= 4 is 36.6 Å². The maximum absolute atomic E-state index is 13.0. The molecule has 2 aromatic heterocycles. The van der Waals surface area contributed by atoms with Gasteiger partial charge in [0.2, 0.25) is 0 Å². The van der Waals surface area contributed by atoms with Crippen molar-refractivity contribution in [1.29, 1.82) is 0 Å². The largest absolute Gasteiger partial charge is 0.456 e. The molecule has 0 atom stereocenters. The molecule has 0 unspecified atom stereocenters. The zero-order chi connectivity index (χ0) is 26.5. The van der Waals surface area contributed by atoms with Crippen LogP contribution < -0.4 is 15.4 Å². The Labute approximate surface area is 211 Å². The van der Waals surface area contributed by atoms with Gasteiger partial charge in [-0.3, -0.25) is 9.59 Å². The van der Waals surface area contributed by atoms with Crippen molar-refractivity contribution in [2.45, 2.75) is 52.3 Å². The summed E-state index contributed by atoms with van der Waals surface area (Å²) in [5.41, 5.74) is 1.42. The molecule has 36 heavy (non-hydrogen) atoms. The summed E-state index contributed by atoms with van der Waals surface area (Å²) in [7, 11) is -1.22. The van der Waals surface area contributed by atoms with Gasteiger partial charge in [-0.1, -0.05) is 32.3 Å². The zero-order valence-electron chi connectivity index (χ0n) is 21.4. The van der Waals surface area contributed by atoms with Crippen molar-refractivity contribution in [1.82, 2.24) is 14.9 Å². The van der Waals surface area contributed by atoms with Crippen LogP contribution in [0, 0.1) is 0 Å². The number of halogens is 1. The number of anilines is 1. The fourth-order valence-corrected chi connectivity index (χ4v) is 4.10. The van der Waals surface area contributed by atoms with E-state index < -0.39 is 19.8 Å². The van der Waals surface area contributed by atoms with Gasteiger partial charge in [-0.15, -0.1) is 0 Å². The predicted octanol–water partition coefficient (Wildman–Crippen LogP) is 5.70. The van der Waals surface area contributed by atoms with Crippen molar-refractivity contribution in [3.63, 3.8) is 0 Å². The summed E-state index contributed by atoms with van der Waals surface area (Å²) in [6.45, 7) is 14.6. The van der Waals surface area contributed by atoms with Gasteiger partial charge in [0.1, 0.15) is 23.9 Å². The summed E-state index contributed by atoms with van der Waals surface area (Å²) < 4.78 is 26.7. The van der Waals surface area contributed by atoms with E-state index in [1.807, 2.05) is 18.4 Å². The highest BCUT2D eigenvalue weighted by Crippen LogP contribution is 2.29. The Morgan fingerprint density at radius 1 is 1.19 bits per heavy atom. The molecule has 2 amide bonds. The van der Waals surface area contributed by atoms with Gasteiger partial charge in [0, 0.05) is 44.1 Å². The molecule has 0 aliphatic heterocycles. The van der Waals surface area contributed by atoms with Crippen LogP contribution in [0.3, 0.4) is 0 Å². The number of ether oxygens (including phenoxy) is 2. The molecular weight excluding hydrogens is 479 g/mol. The van der Waals surface area contributed by atoms with Crippen LogP contribution in [-0.2, 0) is 16.3 Å². The maximum Gasteiger partial charge on any atom is 0.283 e. The predicted molar refractivity (Wildman–Crippen MR) is 142 cm³/mol. The van der Waals surface area contributed by atoms with E-state index in [1.165, 1.54) is 0 Å². The lowest BCUT2D eigenvalue weighted by Crippen LogP contribution is -2.29. The zero-order valence-corrected chi connectivity index (χ0v) is 22.4. The van der Waals surface area contributed by atoms with Crippen LogP contribution in [0.1, 0.15) is 24.2 Å². The summed E-state index contributed by atoms with van der Waals surface area (Å²) in [5.74, 6) is -1.43. The highest BCUT2D eigenvalue weighted by atomic mass is 28.3. The van der Waals surface area contributed by atoms with Crippen molar-refractivity contribution in [2.75, 3.05) is 11.9 Å². The molecule has 2 heterocycles. The molecule has 0 aliphatic rings. The number of amides is 2. The summed E-state index contributed by atoms with van der Waals surface area (Å²) in [5, 5.41) is 5.94. The van der Waals surface area contributed by atoms with Crippen molar-refractivity contribution in [2.24, 2.45) is 0 Å². The molecule has 3 aromatic rings. The summed E-state index contributed by atoms with van der Waals surface area (Å²) >= 11 is 0. The molecule has 192 valence electrons. The Kier molecular flexibility index (Phi) is 8.64. The van der Waals surface area contributed by atoms with Gasteiger partial charge in [0.25, 0.3) is 11.8 Å². The quantitative estimate of drug-likeness (QED) is 0.195. The topological polar surface area (TPSA) is 94.5 Å². The number of fused-ring (bicyclic) bond motifs is 1. The third-order valence-corrected chi connectivity index (χ3v) is 6.86. The van der Waals surface area contributed by atoms with E-state index in [9.17, 15) is 14.0 Å². The molecule has 2 N–H and O–H groups in total. The summed E-state index contributed by atoms with van der Waals surface area (Å²) in [6.07, 6.45) is 3.30. The first-order valence-corrected chi connectivity index (χ1v) is 15.4. The number of carbonyl (C=O) groups is 2. The average Bonchev–Trinajstić information content (AvgIpc) is 3.14. The Hall–Kier alpha value is -3.50. The Morgan fingerprint density at radius 2 is 1.94 bits per heavy atom. The second-order valence-corrected chi connectivity index (χ2v) is 15.6. The van der Waals surface area contributed by atoms with Crippen molar-refractivity contribution in [3.05, 3.63) is 60.7 Å². The number of aromatic nitrogens is 2. The Morgan fingerprint density at radius 3 is 2.61 bits per heavy atom.